The number of benzene rings is 1. The molecule has 1 unspecified atom stereocenters. The summed E-state index contributed by atoms with van der Waals surface area (Å²) < 4.78 is 11.3. The van der Waals surface area contributed by atoms with E-state index < -0.39 is 11.7 Å². The molecule has 43 heavy (non-hydrogen) atoms. The highest BCUT2D eigenvalue weighted by Crippen LogP contribution is 2.43. The second kappa shape index (κ2) is 13.9. The molecule has 10 heteroatoms. The van der Waals surface area contributed by atoms with Crippen LogP contribution in [0.2, 0.25) is 0 Å². The predicted octanol–water partition coefficient (Wildman–Crippen LogP) is 3.50. The molecule has 4 rings (SSSR count). The van der Waals surface area contributed by atoms with Gasteiger partial charge in [0.2, 0.25) is 11.8 Å². The van der Waals surface area contributed by atoms with E-state index in [1.54, 1.807) is 25.9 Å². The van der Waals surface area contributed by atoms with E-state index in [4.69, 9.17) is 9.47 Å². The van der Waals surface area contributed by atoms with Crippen LogP contribution in [0.5, 0.6) is 5.75 Å². The Balaban J connectivity index is 1.52. The van der Waals surface area contributed by atoms with Crippen molar-refractivity contribution >= 4 is 29.1 Å². The Labute approximate surface area is 256 Å². The number of aliphatic hydroxyl groups excluding tert-OH is 1. The Bertz CT molecular complexity index is 1150. The van der Waals surface area contributed by atoms with Crippen molar-refractivity contribution in [2.24, 2.45) is 23.7 Å². The topological polar surface area (TPSA) is 120 Å². The third-order valence-electron chi connectivity index (χ3n) is 8.74. The van der Waals surface area contributed by atoms with Gasteiger partial charge in [0.05, 0.1) is 29.7 Å². The molecule has 2 heterocycles. The van der Waals surface area contributed by atoms with Crippen molar-refractivity contribution in [2.75, 3.05) is 43.2 Å². The summed E-state index contributed by atoms with van der Waals surface area (Å²) >= 11 is 0. The Kier molecular flexibility index (Phi) is 10.8. The molecule has 1 aromatic rings. The zero-order chi connectivity index (χ0) is 31.5. The van der Waals surface area contributed by atoms with Crippen LogP contribution in [-0.2, 0) is 19.1 Å². The molecule has 1 saturated heterocycles. The first-order valence-electron chi connectivity index (χ1n) is 16.0. The summed E-state index contributed by atoms with van der Waals surface area (Å²) in [6.45, 7) is 13.6. The fourth-order valence-corrected chi connectivity index (χ4v) is 6.23. The van der Waals surface area contributed by atoms with E-state index in [9.17, 15) is 19.5 Å². The van der Waals surface area contributed by atoms with Crippen LogP contribution >= 0.6 is 0 Å². The van der Waals surface area contributed by atoms with Crippen molar-refractivity contribution in [1.82, 2.24) is 10.6 Å². The van der Waals surface area contributed by atoms with Crippen LogP contribution < -0.4 is 25.2 Å². The Morgan fingerprint density at radius 2 is 1.88 bits per heavy atom. The number of ether oxygens (including phenoxy) is 2. The van der Waals surface area contributed by atoms with Gasteiger partial charge in [-0.2, -0.15) is 0 Å². The smallest absolute Gasteiger partial charge is 0.270 e. The third-order valence-corrected chi connectivity index (χ3v) is 8.74. The molecule has 10 nitrogen and oxygen atoms in total. The molecule has 1 aromatic carbocycles. The van der Waals surface area contributed by atoms with E-state index in [1.165, 1.54) is 0 Å². The number of aliphatic hydroxyl groups is 1. The summed E-state index contributed by atoms with van der Waals surface area (Å²) in [5.74, 6) is -0.0288. The van der Waals surface area contributed by atoms with Crippen molar-refractivity contribution in [3.05, 3.63) is 18.2 Å². The van der Waals surface area contributed by atoms with Gasteiger partial charge in [0.1, 0.15) is 5.75 Å². The van der Waals surface area contributed by atoms with Gasteiger partial charge in [-0.25, -0.2) is 0 Å². The Hall–Kier alpha value is -2.69. The normalized spacial score (nSPS) is 23.0. The molecule has 2 fully saturated rings. The summed E-state index contributed by atoms with van der Waals surface area (Å²) in [4.78, 5) is 44.5. The lowest BCUT2D eigenvalue weighted by Crippen LogP contribution is -2.53. The first-order valence-corrected chi connectivity index (χ1v) is 16.0. The first kappa shape index (κ1) is 33.2. The monoisotopic (exact) mass is 600 g/mol. The summed E-state index contributed by atoms with van der Waals surface area (Å²) in [5, 5.41) is 17.2. The molecule has 2 aliphatic heterocycles. The van der Waals surface area contributed by atoms with Crippen LogP contribution in [0.3, 0.4) is 0 Å². The fraction of sp³-hybridized carbons (Fsp3) is 0.727. The van der Waals surface area contributed by atoms with Gasteiger partial charge in [-0.15, -0.1) is 0 Å². The summed E-state index contributed by atoms with van der Waals surface area (Å²) in [7, 11) is 1.64. The van der Waals surface area contributed by atoms with Gasteiger partial charge in [0, 0.05) is 45.1 Å². The van der Waals surface area contributed by atoms with Gasteiger partial charge in [-0.3, -0.25) is 14.4 Å². The Morgan fingerprint density at radius 3 is 2.51 bits per heavy atom. The van der Waals surface area contributed by atoms with Crippen LogP contribution in [0, 0.1) is 23.7 Å². The molecule has 240 valence electrons. The number of amides is 3. The van der Waals surface area contributed by atoms with Crippen molar-refractivity contribution in [2.45, 2.75) is 97.4 Å². The number of rotatable bonds is 13. The molecule has 0 aromatic heterocycles. The highest BCUT2D eigenvalue weighted by molar-refractivity contribution is 6.04. The third kappa shape index (κ3) is 7.88. The van der Waals surface area contributed by atoms with Crippen LogP contribution in [-0.4, -0.2) is 80.0 Å². The van der Waals surface area contributed by atoms with Crippen molar-refractivity contribution in [3.63, 3.8) is 0 Å². The highest BCUT2D eigenvalue weighted by Gasteiger charge is 2.43. The molecule has 0 bridgehead atoms. The van der Waals surface area contributed by atoms with Crippen LogP contribution in [0.4, 0.5) is 11.4 Å². The predicted molar refractivity (Wildman–Crippen MR) is 167 cm³/mol. The number of piperidine rings is 1. The lowest BCUT2D eigenvalue weighted by atomic mass is 9.87. The second-order valence-corrected chi connectivity index (χ2v) is 13.8. The minimum atomic E-state index is -0.990. The highest BCUT2D eigenvalue weighted by atomic mass is 16.5. The molecule has 0 radical (unpaired) electrons. The zero-order valence-corrected chi connectivity index (χ0v) is 27.0. The van der Waals surface area contributed by atoms with Gasteiger partial charge in [-0.05, 0) is 76.0 Å². The quantitative estimate of drug-likeness (QED) is 0.297. The number of nitrogens with zero attached hydrogens (tertiary/aromatic N) is 2. The molecule has 1 aliphatic carbocycles. The average molecular weight is 601 g/mol. The summed E-state index contributed by atoms with van der Waals surface area (Å²) in [5.41, 5.74) is 0.411. The zero-order valence-electron chi connectivity index (χ0n) is 27.0. The fourth-order valence-electron chi connectivity index (χ4n) is 6.23. The van der Waals surface area contributed by atoms with Crippen LogP contribution in [0.1, 0.15) is 73.6 Å². The van der Waals surface area contributed by atoms with Crippen molar-refractivity contribution < 1.29 is 29.0 Å². The lowest BCUT2D eigenvalue weighted by molar-refractivity contribution is -0.132. The number of methoxy groups -OCH3 is 1. The van der Waals surface area contributed by atoms with Crippen molar-refractivity contribution in [3.8, 4) is 5.75 Å². The number of anilines is 2. The van der Waals surface area contributed by atoms with Gasteiger partial charge in [-0.1, -0.05) is 27.7 Å². The van der Waals surface area contributed by atoms with Gasteiger partial charge < -0.3 is 35.0 Å². The average Bonchev–Trinajstić information content (AvgIpc) is 3.79. The largest absolute Gasteiger partial charge is 0.476 e. The number of nitrogens with one attached hydrogen (secondary N) is 2. The van der Waals surface area contributed by atoms with Gasteiger partial charge >= 0.3 is 0 Å². The van der Waals surface area contributed by atoms with Gasteiger partial charge in [0.15, 0.2) is 5.60 Å². The summed E-state index contributed by atoms with van der Waals surface area (Å²) in [6, 6.07) is 5.42. The maximum atomic E-state index is 14.1. The number of fused-ring (bicyclic) bond motifs is 1. The first-order chi connectivity index (χ1) is 20.3. The van der Waals surface area contributed by atoms with Crippen LogP contribution in [0.25, 0.3) is 0 Å². The minimum absolute atomic E-state index is 0.0114. The number of hydrogen-bond acceptors (Lipinski definition) is 7. The van der Waals surface area contributed by atoms with Crippen LogP contribution in [0.15, 0.2) is 18.2 Å². The molecule has 3 N–H and O–H groups in total. The molecule has 3 amide bonds. The lowest BCUT2D eigenvalue weighted by Gasteiger charge is -2.40. The van der Waals surface area contributed by atoms with Crippen molar-refractivity contribution in [1.29, 1.82) is 0 Å². The molecule has 4 atom stereocenters. The molecular formula is C33H52N4O6. The SMILES string of the molecule is COCCCN1C(=O)C(C)(C)Oc2ccc(N(C(=O)[C@H]3CNC[C@@H](C(=O)N[C@H](CC(C)C)C(O)C(C)C)C3)C3CC3)cc21. The van der Waals surface area contributed by atoms with E-state index in [1.807, 2.05) is 36.9 Å². The molecule has 0 spiro atoms. The maximum absolute atomic E-state index is 14.1. The van der Waals surface area contributed by atoms with Gasteiger partial charge in [0.25, 0.3) is 5.91 Å². The second-order valence-electron chi connectivity index (χ2n) is 13.8. The number of carbonyl (C=O) groups excluding carboxylic acids is 3. The number of carbonyl (C=O) groups is 3. The Morgan fingerprint density at radius 1 is 1.19 bits per heavy atom. The maximum Gasteiger partial charge on any atom is 0.270 e. The molecular weight excluding hydrogens is 548 g/mol. The summed E-state index contributed by atoms with van der Waals surface area (Å²) in [6.07, 6.45) is 3.00. The van der Waals surface area contributed by atoms with E-state index in [-0.39, 0.29) is 47.6 Å². The number of hydrogen-bond donors (Lipinski definition) is 3. The van der Waals surface area contributed by atoms with E-state index in [0.717, 1.165) is 18.5 Å². The molecule has 3 aliphatic rings. The van der Waals surface area contributed by atoms with E-state index in [0.29, 0.717) is 62.9 Å². The minimum Gasteiger partial charge on any atom is -0.476 e. The molecule has 1 saturated carbocycles. The standard InChI is InChI=1S/C33H52N4O6/c1-20(2)15-26(29(38)21(3)4)35-30(39)22-16-23(19-34-18-22)31(40)37(24-9-10-24)25-11-12-28-27(17-25)36(13-8-14-42-7)32(41)33(5,6)43-28/h11-12,17,20-24,26,29,34,38H,8-10,13-16,18-19H2,1-7H3,(H,35,39)/t22-,23+,26+,29?/m0/s1. The van der Waals surface area contributed by atoms with E-state index >= 15 is 0 Å². The van der Waals surface area contributed by atoms with E-state index in [2.05, 4.69) is 24.5 Å².